The Labute approximate surface area is 193 Å². The van der Waals surface area contributed by atoms with Gasteiger partial charge in [0.1, 0.15) is 0 Å². The standard InChI is InChI=1S/C31H44/c1-3-5-7-9-27-12-16-29(17-13-27)19-21-31-24-22-30(23-25-31)20-18-28-14-10-26(11-15-28)8-6-4-2/h22-29H,3-17H2,1-2H3. The highest BCUT2D eigenvalue weighted by Gasteiger charge is 2.20. The van der Waals surface area contributed by atoms with E-state index >= 15 is 0 Å². The molecule has 0 atom stereocenters. The Bertz CT molecular complexity index is 731. The van der Waals surface area contributed by atoms with Gasteiger partial charge in [-0.1, -0.05) is 82.5 Å². The molecule has 0 aromatic heterocycles. The minimum Gasteiger partial charge on any atom is -0.0945 e. The van der Waals surface area contributed by atoms with Gasteiger partial charge in [-0.05, 0) is 87.5 Å². The van der Waals surface area contributed by atoms with Gasteiger partial charge in [0.2, 0.25) is 0 Å². The van der Waals surface area contributed by atoms with Crippen molar-refractivity contribution in [2.75, 3.05) is 0 Å². The topological polar surface area (TPSA) is 0 Å². The van der Waals surface area contributed by atoms with Crippen molar-refractivity contribution in [1.29, 1.82) is 0 Å². The van der Waals surface area contributed by atoms with E-state index in [-0.39, 0.29) is 0 Å². The van der Waals surface area contributed by atoms with Crippen LogP contribution >= 0.6 is 0 Å². The third kappa shape index (κ3) is 8.77. The maximum Gasteiger partial charge on any atom is 0.0246 e. The summed E-state index contributed by atoms with van der Waals surface area (Å²) in [5.74, 6) is 17.1. The minimum atomic E-state index is 0.606. The average molecular weight is 417 g/mol. The van der Waals surface area contributed by atoms with Crippen molar-refractivity contribution in [2.24, 2.45) is 23.7 Å². The monoisotopic (exact) mass is 416 g/mol. The second-order valence-corrected chi connectivity index (χ2v) is 10.2. The Morgan fingerprint density at radius 3 is 1.42 bits per heavy atom. The lowest BCUT2D eigenvalue weighted by Gasteiger charge is -2.25. The minimum absolute atomic E-state index is 0.606. The Morgan fingerprint density at radius 2 is 1.00 bits per heavy atom. The summed E-state index contributed by atoms with van der Waals surface area (Å²) in [4.78, 5) is 0. The van der Waals surface area contributed by atoms with Crippen LogP contribution in [0.4, 0.5) is 0 Å². The lowest BCUT2D eigenvalue weighted by Crippen LogP contribution is -2.13. The van der Waals surface area contributed by atoms with E-state index in [4.69, 9.17) is 0 Å². The zero-order valence-electron chi connectivity index (χ0n) is 20.2. The highest BCUT2D eigenvalue weighted by atomic mass is 14.2. The van der Waals surface area contributed by atoms with Gasteiger partial charge in [0.25, 0.3) is 0 Å². The molecule has 0 aliphatic heterocycles. The quantitative estimate of drug-likeness (QED) is 0.308. The fourth-order valence-corrected chi connectivity index (χ4v) is 5.37. The third-order valence-corrected chi connectivity index (χ3v) is 7.60. The summed E-state index contributed by atoms with van der Waals surface area (Å²) < 4.78 is 0. The molecule has 2 fully saturated rings. The van der Waals surface area contributed by atoms with Crippen LogP contribution in [0, 0.1) is 47.4 Å². The first-order valence-corrected chi connectivity index (χ1v) is 13.4. The zero-order valence-corrected chi connectivity index (χ0v) is 20.2. The van der Waals surface area contributed by atoms with E-state index in [1.807, 2.05) is 0 Å². The highest BCUT2D eigenvalue weighted by Crippen LogP contribution is 2.32. The number of benzene rings is 1. The molecule has 0 heterocycles. The SMILES string of the molecule is CCCCCC1CCC(C#Cc2ccc(C#CC3CCC(CCCC)CC3)cc2)CC1. The number of hydrogen-bond donors (Lipinski definition) is 0. The molecule has 1 aromatic rings. The van der Waals surface area contributed by atoms with Gasteiger partial charge in [0.05, 0.1) is 0 Å². The molecule has 2 saturated carbocycles. The molecule has 0 nitrogen and oxygen atoms in total. The molecule has 1 aromatic carbocycles. The molecule has 2 aliphatic rings. The maximum atomic E-state index is 3.56. The van der Waals surface area contributed by atoms with Gasteiger partial charge in [-0.15, -0.1) is 0 Å². The normalized spacial score (nSPS) is 25.7. The summed E-state index contributed by atoms with van der Waals surface area (Å²) in [5, 5.41) is 0. The van der Waals surface area contributed by atoms with E-state index in [1.54, 1.807) is 0 Å². The molecule has 0 unspecified atom stereocenters. The molecule has 168 valence electrons. The van der Waals surface area contributed by atoms with Crippen LogP contribution < -0.4 is 0 Å². The van der Waals surface area contributed by atoms with Crippen molar-refractivity contribution in [3.8, 4) is 23.7 Å². The van der Waals surface area contributed by atoms with Crippen molar-refractivity contribution in [3.63, 3.8) is 0 Å². The van der Waals surface area contributed by atoms with Crippen LogP contribution in [0.1, 0.15) is 121 Å². The summed E-state index contributed by atoms with van der Waals surface area (Å²) in [6.07, 6.45) is 20.5. The van der Waals surface area contributed by atoms with Crippen LogP contribution in [0.5, 0.6) is 0 Å². The van der Waals surface area contributed by atoms with Crippen molar-refractivity contribution < 1.29 is 0 Å². The van der Waals surface area contributed by atoms with Crippen LogP contribution in [0.15, 0.2) is 24.3 Å². The van der Waals surface area contributed by atoms with E-state index in [1.165, 1.54) is 96.3 Å². The molecular formula is C31H44. The fourth-order valence-electron chi connectivity index (χ4n) is 5.37. The summed E-state index contributed by atoms with van der Waals surface area (Å²) in [7, 11) is 0. The Hall–Kier alpha value is -1.66. The maximum absolute atomic E-state index is 3.56. The van der Waals surface area contributed by atoms with Gasteiger partial charge in [0, 0.05) is 23.0 Å². The molecule has 0 saturated heterocycles. The van der Waals surface area contributed by atoms with Gasteiger partial charge >= 0.3 is 0 Å². The number of hydrogen-bond acceptors (Lipinski definition) is 0. The van der Waals surface area contributed by atoms with Crippen LogP contribution in [0.2, 0.25) is 0 Å². The van der Waals surface area contributed by atoms with Crippen molar-refractivity contribution in [3.05, 3.63) is 35.4 Å². The summed E-state index contributed by atoms with van der Waals surface area (Å²) in [6.45, 7) is 4.60. The fraction of sp³-hybridized carbons (Fsp3) is 0.677. The van der Waals surface area contributed by atoms with Gasteiger partial charge in [0.15, 0.2) is 0 Å². The number of unbranched alkanes of at least 4 members (excludes halogenated alkanes) is 3. The lowest BCUT2D eigenvalue weighted by atomic mass is 9.80. The van der Waals surface area contributed by atoms with E-state index in [2.05, 4.69) is 61.8 Å². The molecule has 0 N–H and O–H groups in total. The summed E-state index contributed by atoms with van der Waals surface area (Å²) >= 11 is 0. The molecule has 0 heteroatoms. The van der Waals surface area contributed by atoms with Gasteiger partial charge in [-0.25, -0.2) is 0 Å². The molecule has 0 radical (unpaired) electrons. The molecule has 0 bridgehead atoms. The van der Waals surface area contributed by atoms with Gasteiger partial charge in [-0.3, -0.25) is 0 Å². The smallest absolute Gasteiger partial charge is 0.0246 e. The molecule has 31 heavy (non-hydrogen) atoms. The van der Waals surface area contributed by atoms with E-state index in [0.29, 0.717) is 11.8 Å². The first-order chi connectivity index (χ1) is 15.3. The first-order valence-electron chi connectivity index (χ1n) is 13.4. The molecular weight excluding hydrogens is 372 g/mol. The second kappa shape index (κ2) is 13.7. The lowest BCUT2D eigenvalue weighted by molar-refractivity contribution is 0.294. The third-order valence-electron chi connectivity index (χ3n) is 7.60. The van der Waals surface area contributed by atoms with E-state index in [0.717, 1.165) is 23.0 Å². The summed E-state index contributed by atoms with van der Waals surface area (Å²) in [5.41, 5.74) is 2.29. The van der Waals surface area contributed by atoms with Gasteiger partial charge < -0.3 is 0 Å². The first kappa shape index (κ1) is 24.0. The molecule has 0 amide bonds. The average Bonchev–Trinajstić information content (AvgIpc) is 2.82. The Kier molecular flexibility index (Phi) is 10.6. The van der Waals surface area contributed by atoms with Crippen LogP contribution in [-0.2, 0) is 0 Å². The van der Waals surface area contributed by atoms with E-state index < -0.39 is 0 Å². The van der Waals surface area contributed by atoms with Gasteiger partial charge in [-0.2, -0.15) is 0 Å². The zero-order chi connectivity index (χ0) is 21.7. The Morgan fingerprint density at radius 1 is 0.581 bits per heavy atom. The predicted octanol–water partition coefficient (Wildman–Crippen LogP) is 8.77. The molecule has 0 spiro atoms. The summed E-state index contributed by atoms with van der Waals surface area (Å²) in [6, 6.07) is 8.65. The van der Waals surface area contributed by atoms with Crippen LogP contribution in [-0.4, -0.2) is 0 Å². The highest BCUT2D eigenvalue weighted by molar-refractivity contribution is 5.42. The molecule has 3 rings (SSSR count). The second-order valence-electron chi connectivity index (χ2n) is 10.2. The van der Waals surface area contributed by atoms with Crippen molar-refractivity contribution >= 4 is 0 Å². The van der Waals surface area contributed by atoms with Crippen molar-refractivity contribution in [1.82, 2.24) is 0 Å². The van der Waals surface area contributed by atoms with Crippen LogP contribution in [0.25, 0.3) is 0 Å². The molecule has 2 aliphatic carbocycles. The van der Waals surface area contributed by atoms with Crippen LogP contribution in [0.3, 0.4) is 0 Å². The van der Waals surface area contributed by atoms with E-state index in [9.17, 15) is 0 Å². The Balaban J connectivity index is 1.40. The predicted molar refractivity (Wildman–Crippen MR) is 135 cm³/mol. The number of rotatable bonds is 7. The largest absolute Gasteiger partial charge is 0.0945 e. The van der Waals surface area contributed by atoms with Crippen molar-refractivity contribution in [2.45, 2.75) is 110 Å².